The molecule has 3 nitrogen and oxygen atoms in total. The number of rotatable bonds is 5. The quantitative estimate of drug-likeness (QED) is 0.828. The normalized spacial score (nSPS) is 36.1. The number of hydrogen-bond donors (Lipinski definition) is 1. The van der Waals surface area contributed by atoms with E-state index in [0.717, 1.165) is 38.2 Å². The number of ether oxygens (including phenoxy) is 1. The van der Waals surface area contributed by atoms with Crippen molar-refractivity contribution >= 4 is 17.5 Å². The van der Waals surface area contributed by atoms with Crippen molar-refractivity contribution in [3.63, 3.8) is 0 Å². The van der Waals surface area contributed by atoms with E-state index in [9.17, 15) is 4.79 Å². The zero-order chi connectivity index (χ0) is 12.4. The van der Waals surface area contributed by atoms with E-state index in [1.54, 1.807) is 0 Å². The molecular formula is C14H23NO2S. The summed E-state index contributed by atoms with van der Waals surface area (Å²) in [7, 11) is 0. The number of ketones is 1. The van der Waals surface area contributed by atoms with Crippen LogP contribution in [-0.2, 0) is 9.53 Å². The molecule has 2 unspecified atom stereocenters. The van der Waals surface area contributed by atoms with Crippen molar-refractivity contribution in [1.82, 2.24) is 5.32 Å². The van der Waals surface area contributed by atoms with Crippen molar-refractivity contribution in [2.24, 2.45) is 5.92 Å². The van der Waals surface area contributed by atoms with Gasteiger partial charge in [-0.1, -0.05) is 0 Å². The highest BCUT2D eigenvalue weighted by Gasteiger charge is 2.42. The molecule has 1 spiro atoms. The van der Waals surface area contributed by atoms with Crippen LogP contribution in [0.1, 0.15) is 38.5 Å². The predicted molar refractivity (Wildman–Crippen MR) is 74.0 cm³/mol. The molecule has 1 saturated carbocycles. The van der Waals surface area contributed by atoms with Crippen molar-refractivity contribution < 1.29 is 9.53 Å². The predicted octanol–water partition coefficient (Wildman–Crippen LogP) is 2.00. The monoisotopic (exact) mass is 269 g/mol. The Hall–Kier alpha value is -0.0600. The first-order chi connectivity index (χ1) is 8.77. The summed E-state index contributed by atoms with van der Waals surface area (Å²) in [4.78, 5) is 12.2. The van der Waals surface area contributed by atoms with Crippen LogP contribution in [0.25, 0.3) is 0 Å². The van der Waals surface area contributed by atoms with Gasteiger partial charge in [0.05, 0.1) is 5.60 Å². The lowest BCUT2D eigenvalue weighted by Crippen LogP contribution is -2.42. The van der Waals surface area contributed by atoms with Gasteiger partial charge in [0.15, 0.2) is 0 Å². The summed E-state index contributed by atoms with van der Waals surface area (Å²) < 4.78 is 5.97. The van der Waals surface area contributed by atoms with Gasteiger partial charge < -0.3 is 10.1 Å². The average Bonchev–Trinajstić information content (AvgIpc) is 3.10. The molecule has 3 fully saturated rings. The summed E-state index contributed by atoms with van der Waals surface area (Å²) in [6.07, 6.45) is 6.36. The van der Waals surface area contributed by atoms with E-state index in [2.05, 4.69) is 5.32 Å². The van der Waals surface area contributed by atoms with Crippen molar-refractivity contribution in [3.8, 4) is 0 Å². The molecule has 18 heavy (non-hydrogen) atoms. The van der Waals surface area contributed by atoms with Crippen LogP contribution in [0.5, 0.6) is 0 Å². The number of carbonyl (C=O) groups is 1. The lowest BCUT2D eigenvalue weighted by Gasteiger charge is -2.37. The molecular weight excluding hydrogens is 246 g/mol. The van der Waals surface area contributed by atoms with E-state index in [4.69, 9.17) is 4.74 Å². The van der Waals surface area contributed by atoms with Crippen LogP contribution in [0.4, 0.5) is 0 Å². The van der Waals surface area contributed by atoms with Gasteiger partial charge in [-0.25, -0.2) is 0 Å². The molecule has 0 aromatic rings. The van der Waals surface area contributed by atoms with Gasteiger partial charge in [-0.15, -0.1) is 0 Å². The Bertz CT molecular complexity index is 311. The van der Waals surface area contributed by atoms with E-state index in [-0.39, 0.29) is 11.5 Å². The summed E-state index contributed by atoms with van der Waals surface area (Å²) in [5.41, 5.74) is 0.0488. The van der Waals surface area contributed by atoms with Gasteiger partial charge in [-0.05, 0) is 37.9 Å². The number of Topliss-reactive ketones (excluding diaryl/α,β-unsaturated/α-hetero) is 1. The number of nitrogens with one attached hydrogen (secondary N) is 1. The zero-order valence-corrected chi connectivity index (χ0v) is 11.8. The third-order valence-electron chi connectivity index (χ3n) is 4.40. The van der Waals surface area contributed by atoms with E-state index in [1.807, 2.05) is 11.8 Å². The average molecular weight is 269 g/mol. The molecule has 3 aliphatic rings. The highest BCUT2D eigenvalue weighted by atomic mass is 32.2. The smallest absolute Gasteiger partial charge is 0.137 e. The van der Waals surface area contributed by atoms with Crippen LogP contribution in [0.2, 0.25) is 0 Å². The Morgan fingerprint density at radius 2 is 2.28 bits per heavy atom. The topological polar surface area (TPSA) is 38.3 Å². The minimum Gasteiger partial charge on any atom is -0.374 e. The van der Waals surface area contributed by atoms with E-state index in [0.29, 0.717) is 18.2 Å². The Labute approximate surface area is 113 Å². The molecule has 0 aromatic carbocycles. The fourth-order valence-corrected chi connectivity index (χ4v) is 4.44. The van der Waals surface area contributed by atoms with Crippen LogP contribution in [0, 0.1) is 5.92 Å². The minimum atomic E-state index is 0.0488. The molecule has 2 heterocycles. The zero-order valence-electron chi connectivity index (χ0n) is 11.0. The molecule has 0 aromatic heterocycles. The molecule has 1 N–H and O–H groups in total. The molecule has 2 atom stereocenters. The Balaban J connectivity index is 1.46. The molecule has 0 bridgehead atoms. The van der Waals surface area contributed by atoms with Gasteiger partial charge in [0, 0.05) is 37.3 Å². The number of thioether (sulfide) groups is 1. The Morgan fingerprint density at radius 1 is 1.39 bits per heavy atom. The summed E-state index contributed by atoms with van der Waals surface area (Å²) in [6.45, 7) is 1.66. The van der Waals surface area contributed by atoms with Crippen LogP contribution >= 0.6 is 11.8 Å². The highest BCUT2D eigenvalue weighted by Crippen LogP contribution is 2.40. The lowest BCUT2D eigenvalue weighted by atomic mass is 9.82. The molecule has 3 rings (SSSR count). The molecule has 2 saturated heterocycles. The minimum absolute atomic E-state index is 0.0488. The molecule has 1 aliphatic carbocycles. The van der Waals surface area contributed by atoms with Crippen LogP contribution in [-0.4, -0.2) is 42.1 Å². The second-order valence-corrected chi connectivity index (χ2v) is 7.07. The van der Waals surface area contributed by atoms with E-state index >= 15 is 0 Å². The molecule has 2 aliphatic heterocycles. The molecule has 102 valence electrons. The second-order valence-electron chi connectivity index (χ2n) is 5.97. The van der Waals surface area contributed by atoms with Crippen molar-refractivity contribution in [2.45, 2.75) is 50.2 Å². The van der Waals surface area contributed by atoms with Crippen LogP contribution in [0.15, 0.2) is 0 Å². The van der Waals surface area contributed by atoms with Crippen molar-refractivity contribution in [2.75, 3.05) is 24.7 Å². The van der Waals surface area contributed by atoms with Crippen molar-refractivity contribution in [3.05, 3.63) is 0 Å². The fourth-order valence-electron chi connectivity index (χ4n) is 3.06. The summed E-state index contributed by atoms with van der Waals surface area (Å²) >= 11 is 1.97. The highest BCUT2D eigenvalue weighted by molar-refractivity contribution is 7.99. The maximum atomic E-state index is 12.2. The van der Waals surface area contributed by atoms with Gasteiger partial charge in [0.2, 0.25) is 0 Å². The third-order valence-corrected chi connectivity index (χ3v) is 5.62. The number of hydrogen-bond acceptors (Lipinski definition) is 4. The summed E-state index contributed by atoms with van der Waals surface area (Å²) in [5, 5.41) is 3.43. The van der Waals surface area contributed by atoms with Gasteiger partial charge in [-0.2, -0.15) is 11.8 Å². The molecule has 0 amide bonds. The summed E-state index contributed by atoms with van der Waals surface area (Å²) in [6, 6.07) is 0.713. The van der Waals surface area contributed by atoms with Crippen LogP contribution in [0.3, 0.4) is 0 Å². The van der Waals surface area contributed by atoms with Gasteiger partial charge >= 0.3 is 0 Å². The third kappa shape index (κ3) is 3.09. The largest absolute Gasteiger partial charge is 0.374 e. The van der Waals surface area contributed by atoms with E-state index in [1.165, 1.54) is 18.6 Å². The van der Waals surface area contributed by atoms with Gasteiger partial charge in [0.25, 0.3) is 0 Å². The molecule has 0 radical (unpaired) electrons. The molecule has 4 heteroatoms. The lowest BCUT2D eigenvalue weighted by molar-refractivity contribution is -0.133. The standard InChI is InChI=1S/C14H23NO2S/c16-13(3-6-15-12-1-2-12)11-4-7-17-14(9-11)5-8-18-10-14/h11-12,15H,1-10H2. The van der Waals surface area contributed by atoms with E-state index < -0.39 is 0 Å². The fraction of sp³-hybridized carbons (Fsp3) is 0.929. The first kappa shape index (κ1) is 12.9. The first-order valence-electron chi connectivity index (χ1n) is 7.25. The Morgan fingerprint density at radius 3 is 3.00 bits per heavy atom. The van der Waals surface area contributed by atoms with Crippen molar-refractivity contribution in [1.29, 1.82) is 0 Å². The SMILES string of the molecule is O=C(CCNC1CC1)C1CCOC2(CCSC2)C1. The first-order valence-corrected chi connectivity index (χ1v) is 8.41. The summed E-state index contributed by atoms with van der Waals surface area (Å²) in [5.74, 6) is 3.02. The van der Waals surface area contributed by atoms with Gasteiger partial charge in [0.1, 0.15) is 5.78 Å². The van der Waals surface area contributed by atoms with Crippen LogP contribution < -0.4 is 5.32 Å². The second kappa shape index (κ2) is 5.51. The van der Waals surface area contributed by atoms with Gasteiger partial charge in [-0.3, -0.25) is 4.79 Å². The maximum Gasteiger partial charge on any atom is 0.137 e. The number of carbonyl (C=O) groups excluding carboxylic acids is 1. The maximum absolute atomic E-state index is 12.2. The Kier molecular flexibility index (Phi) is 3.97.